The van der Waals surface area contributed by atoms with E-state index in [4.69, 9.17) is 9.47 Å². The van der Waals surface area contributed by atoms with Crippen LogP contribution in [0.15, 0.2) is 58.5 Å². The number of nitrogens with zero attached hydrogens (tertiary/aromatic N) is 2. The molecule has 10 nitrogen and oxygen atoms in total. The standard InChI is InChI=1S/C22H26N4O6S/c1-2-32-19-7-3-17(4-8-19)15-24-25-21(27)16-23-22(28)18-5-9-20(10-6-18)33(29,30)26-11-13-31-14-12-26/h3-10,15H,2,11-14,16H2,1H3,(H,23,28)(H,25,27)/b24-15+. The summed E-state index contributed by atoms with van der Waals surface area (Å²) in [5, 5.41) is 6.33. The summed E-state index contributed by atoms with van der Waals surface area (Å²) in [4.78, 5) is 24.3. The summed E-state index contributed by atoms with van der Waals surface area (Å²) in [6.45, 7) is 3.48. The third kappa shape index (κ3) is 6.85. The molecule has 0 atom stereocenters. The lowest BCUT2D eigenvalue weighted by molar-refractivity contribution is -0.120. The van der Waals surface area contributed by atoms with Crippen LogP contribution in [0.3, 0.4) is 0 Å². The number of rotatable bonds is 9. The SMILES string of the molecule is CCOc1ccc(/C=N/NC(=O)CNC(=O)c2ccc(S(=O)(=O)N3CCOCC3)cc2)cc1. The largest absolute Gasteiger partial charge is 0.494 e. The first-order chi connectivity index (χ1) is 15.9. The van der Waals surface area contributed by atoms with Crippen molar-refractivity contribution in [3.8, 4) is 5.75 Å². The highest BCUT2D eigenvalue weighted by atomic mass is 32.2. The Bertz CT molecular complexity index is 1080. The van der Waals surface area contributed by atoms with Crippen molar-refractivity contribution in [2.75, 3.05) is 39.5 Å². The fourth-order valence-electron chi connectivity index (χ4n) is 3.01. The molecule has 0 saturated carbocycles. The molecule has 0 unspecified atom stereocenters. The van der Waals surface area contributed by atoms with E-state index in [2.05, 4.69) is 15.8 Å². The van der Waals surface area contributed by atoms with Crippen LogP contribution < -0.4 is 15.5 Å². The topological polar surface area (TPSA) is 126 Å². The van der Waals surface area contributed by atoms with E-state index >= 15 is 0 Å². The Labute approximate surface area is 192 Å². The minimum Gasteiger partial charge on any atom is -0.494 e. The summed E-state index contributed by atoms with van der Waals surface area (Å²) >= 11 is 0. The van der Waals surface area contributed by atoms with Gasteiger partial charge in [0.15, 0.2) is 0 Å². The molecule has 11 heteroatoms. The van der Waals surface area contributed by atoms with Gasteiger partial charge in [-0.3, -0.25) is 9.59 Å². The van der Waals surface area contributed by atoms with Gasteiger partial charge in [0.25, 0.3) is 11.8 Å². The van der Waals surface area contributed by atoms with Crippen molar-refractivity contribution in [1.82, 2.24) is 15.0 Å². The Balaban J connectivity index is 1.47. The molecule has 0 spiro atoms. The van der Waals surface area contributed by atoms with Gasteiger partial charge in [0.05, 0.1) is 37.5 Å². The molecule has 2 aromatic rings. The lowest BCUT2D eigenvalue weighted by Crippen LogP contribution is -2.40. The van der Waals surface area contributed by atoms with Gasteiger partial charge in [0, 0.05) is 18.7 Å². The lowest BCUT2D eigenvalue weighted by Gasteiger charge is -2.26. The number of ether oxygens (including phenoxy) is 2. The van der Waals surface area contributed by atoms with Crippen molar-refractivity contribution in [2.24, 2.45) is 5.10 Å². The van der Waals surface area contributed by atoms with Crippen LogP contribution in [0.1, 0.15) is 22.8 Å². The molecule has 1 fully saturated rings. The quantitative estimate of drug-likeness (QED) is 0.412. The predicted octanol–water partition coefficient (Wildman–Crippen LogP) is 0.986. The zero-order valence-electron chi connectivity index (χ0n) is 18.2. The number of benzene rings is 2. The normalized spacial score (nSPS) is 14.7. The number of carbonyl (C=O) groups is 2. The van der Waals surface area contributed by atoms with Gasteiger partial charge < -0.3 is 14.8 Å². The molecule has 3 rings (SSSR count). The van der Waals surface area contributed by atoms with E-state index in [1.807, 2.05) is 6.92 Å². The number of sulfonamides is 1. The van der Waals surface area contributed by atoms with Crippen LogP contribution in [0.5, 0.6) is 5.75 Å². The summed E-state index contributed by atoms with van der Waals surface area (Å²) < 4.78 is 37.1. The van der Waals surface area contributed by atoms with E-state index in [0.717, 1.165) is 11.3 Å². The van der Waals surface area contributed by atoms with Gasteiger partial charge in [-0.15, -0.1) is 0 Å². The van der Waals surface area contributed by atoms with Crippen LogP contribution in [-0.4, -0.2) is 70.2 Å². The summed E-state index contributed by atoms with van der Waals surface area (Å²) in [6.07, 6.45) is 1.48. The van der Waals surface area contributed by atoms with E-state index in [0.29, 0.717) is 32.9 Å². The van der Waals surface area contributed by atoms with Crippen molar-refractivity contribution < 1.29 is 27.5 Å². The maximum absolute atomic E-state index is 12.6. The number of amides is 2. The lowest BCUT2D eigenvalue weighted by atomic mass is 10.2. The average Bonchev–Trinajstić information content (AvgIpc) is 2.84. The maximum Gasteiger partial charge on any atom is 0.259 e. The minimum absolute atomic E-state index is 0.0994. The molecule has 1 aliphatic heterocycles. The third-order valence-corrected chi connectivity index (χ3v) is 6.64. The Morgan fingerprint density at radius 1 is 1.09 bits per heavy atom. The molecule has 0 bridgehead atoms. The molecule has 0 aromatic heterocycles. The van der Waals surface area contributed by atoms with Crippen molar-refractivity contribution in [3.05, 3.63) is 59.7 Å². The Kier molecular flexibility index (Phi) is 8.52. The van der Waals surface area contributed by atoms with Gasteiger partial charge in [0.1, 0.15) is 5.75 Å². The number of hydrogen-bond donors (Lipinski definition) is 2. The molecule has 2 amide bonds. The summed E-state index contributed by atoms with van der Waals surface area (Å²) in [6, 6.07) is 12.8. The smallest absolute Gasteiger partial charge is 0.259 e. The average molecular weight is 475 g/mol. The molecule has 176 valence electrons. The summed E-state index contributed by atoms with van der Waals surface area (Å²) in [7, 11) is -3.63. The molecule has 0 radical (unpaired) electrons. The van der Waals surface area contributed by atoms with E-state index in [9.17, 15) is 18.0 Å². The number of hydrazone groups is 1. The summed E-state index contributed by atoms with van der Waals surface area (Å²) in [5.74, 6) is -0.263. The second kappa shape index (κ2) is 11.5. The predicted molar refractivity (Wildman–Crippen MR) is 122 cm³/mol. The van der Waals surface area contributed by atoms with Crippen LogP contribution >= 0.6 is 0 Å². The zero-order valence-corrected chi connectivity index (χ0v) is 19.0. The van der Waals surface area contributed by atoms with E-state index in [1.54, 1.807) is 24.3 Å². The van der Waals surface area contributed by atoms with Crippen molar-refractivity contribution in [2.45, 2.75) is 11.8 Å². The molecule has 1 heterocycles. The molecule has 1 aliphatic rings. The molecule has 2 aromatic carbocycles. The molecular weight excluding hydrogens is 448 g/mol. The van der Waals surface area contributed by atoms with Crippen LogP contribution in [0.4, 0.5) is 0 Å². The molecule has 2 N–H and O–H groups in total. The highest BCUT2D eigenvalue weighted by Crippen LogP contribution is 2.17. The van der Waals surface area contributed by atoms with E-state index < -0.39 is 21.8 Å². The zero-order chi connectivity index (χ0) is 23.7. The Morgan fingerprint density at radius 2 is 1.76 bits per heavy atom. The van der Waals surface area contributed by atoms with Gasteiger partial charge in [-0.25, -0.2) is 13.8 Å². The minimum atomic E-state index is -3.63. The monoisotopic (exact) mass is 474 g/mol. The van der Waals surface area contributed by atoms with Crippen molar-refractivity contribution in [1.29, 1.82) is 0 Å². The molecular formula is C22H26N4O6S. The van der Waals surface area contributed by atoms with Gasteiger partial charge in [0.2, 0.25) is 10.0 Å². The first kappa shape index (κ1) is 24.4. The van der Waals surface area contributed by atoms with Crippen molar-refractivity contribution >= 4 is 28.1 Å². The number of morpholine rings is 1. The third-order valence-electron chi connectivity index (χ3n) is 4.73. The van der Waals surface area contributed by atoms with E-state index in [1.165, 1.54) is 34.8 Å². The van der Waals surface area contributed by atoms with Gasteiger partial charge in [-0.2, -0.15) is 9.41 Å². The fraction of sp³-hybridized carbons (Fsp3) is 0.318. The Hall–Kier alpha value is -3.28. The first-order valence-corrected chi connectivity index (χ1v) is 11.8. The van der Waals surface area contributed by atoms with E-state index in [-0.39, 0.29) is 17.0 Å². The summed E-state index contributed by atoms with van der Waals surface area (Å²) in [5.41, 5.74) is 3.34. The fourth-order valence-corrected chi connectivity index (χ4v) is 4.42. The second-order valence-electron chi connectivity index (χ2n) is 7.02. The van der Waals surface area contributed by atoms with Gasteiger partial charge in [-0.05, 0) is 61.0 Å². The molecule has 33 heavy (non-hydrogen) atoms. The number of hydrogen-bond acceptors (Lipinski definition) is 7. The maximum atomic E-state index is 12.6. The van der Waals surface area contributed by atoms with Crippen LogP contribution in [0, 0.1) is 0 Å². The first-order valence-electron chi connectivity index (χ1n) is 10.4. The molecule has 1 saturated heterocycles. The number of carbonyl (C=O) groups excluding carboxylic acids is 2. The Morgan fingerprint density at radius 3 is 2.39 bits per heavy atom. The molecule has 0 aliphatic carbocycles. The van der Waals surface area contributed by atoms with Crippen LogP contribution in [0.2, 0.25) is 0 Å². The van der Waals surface area contributed by atoms with Crippen LogP contribution in [0.25, 0.3) is 0 Å². The van der Waals surface area contributed by atoms with Crippen molar-refractivity contribution in [3.63, 3.8) is 0 Å². The highest BCUT2D eigenvalue weighted by molar-refractivity contribution is 7.89. The van der Waals surface area contributed by atoms with Gasteiger partial charge in [-0.1, -0.05) is 0 Å². The second-order valence-corrected chi connectivity index (χ2v) is 8.96. The van der Waals surface area contributed by atoms with Gasteiger partial charge >= 0.3 is 0 Å². The number of nitrogens with one attached hydrogen (secondary N) is 2. The highest BCUT2D eigenvalue weighted by Gasteiger charge is 2.26. The van der Waals surface area contributed by atoms with Crippen LogP contribution in [-0.2, 0) is 19.6 Å².